The summed E-state index contributed by atoms with van der Waals surface area (Å²) in [7, 11) is 0. The molecule has 0 bridgehead atoms. The Balaban J connectivity index is 1.81. The summed E-state index contributed by atoms with van der Waals surface area (Å²) in [6.45, 7) is 3.96. The summed E-state index contributed by atoms with van der Waals surface area (Å²) in [6, 6.07) is 10.9. The van der Waals surface area contributed by atoms with Crippen molar-refractivity contribution in [1.82, 2.24) is 4.90 Å². The van der Waals surface area contributed by atoms with Gasteiger partial charge < -0.3 is 9.80 Å². The van der Waals surface area contributed by atoms with E-state index in [1.807, 2.05) is 6.92 Å². The molecule has 0 aliphatic carbocycles. The lowest BCUT2D eigenvalue weighted by Crippen LogP contribution is -2.57. The molecule has 130 valence electrons. The van der Waals surface area contributed by atoms with E-state index in [2.05, 4.69) is 0 Å². The van der Waals surface area contributed by atoms with Crippen molar-refractivity contribution in [1.29, 1.82) is 0 Å². The topological polar surface area (TPSA) is 40.6 Å². The number of hydrogen-bond donors (Lipinski definition) is 0. The summed E-state index contributed by atoms with van der Waals surface area (Å²) in [6.07, 6.45) is 0. The Morgan fingerprint density at radius 2 is 1.88 bits per heavy atom. The van der Waals surface area contributed by atoms with Crippen molar-refractivity contribution in [2.75, 3.05) is 18.0 Å². The number of nitrogens with zero attached hydrogens (tertiary/aromatic N) is 2. The molecule has 2 aromatic rings. The van der Waals surface area contributed by atoms with Crippen LogP contribution in [0, 0.1) is 12.7 Å². The minimum atomic E-state index is -0.384. The van der Waals surface area contributed by atoms with E-state index in [1.54, 1.807) is 36.1 Å². The Morgan fingerprint density at radius 3 is 2.52 bits per heavy atom. The van der Waals surface area contributed by atoms with E-state index in [0.29, 0.717) is 22.7 Å². The standard InChI is InChI=1S/C19H18ClFN2O2/c1-12-9-15(21)5-8-17(12)19(25)22-11-18(24)23(10-13(22)2)16-6-3-14(20)4-7-16/h3-9,13H,10-11H2,1-2H3. The molecule has 1 heterocycles. The lowest BCUT2D eigenvalue weighted by molar-refractivity contribution is -0.121. The fourth-order valence-electron chi connectivity index (χ4n) is 3.02. The van der Waals surface area contributed by atoms with E-state index in [1.165, 1.54) is 23.1 Å². The number of aryl methyl sites for hydroxylation is 1. The first-order valence-electron chi connectivity index (χ1n) is 8.00. The fourth-order valence-corrected chi connectivity index (χ4v) is 3.14. The predicted octanol–water partition coefficient (Wildman–Crippen LogP) is 3.67. The maximum absolute atomic E-state index is 13.3. The number of halogens is 2. The smallest absolute Gasteiger partial charge is 0.254 e. The summed E-state index contributed by atoms with van der Waals surface area (Å²) < 4.78 is 13.3. The zero-order valence-corrected chi connectivity index (χ0v) is 14.8. The Hall–Kier alpha value is -2.40. The number of carbonyl (C=O) groups is 2. The molecule has 1 saturated heterocycles. The quantitative estimate of drug-likeness (QED) is 0.820. The van der Waals surface area contributed by atoms with Crippen molar-refractivity contribution in [2.45, 2.75) is 19.9 Å². The van der Waals surface area contributed by atoms with Crippen LogP contribution in [0.3, 0.4) is 0 Å². The predicted molar refractivity (Wildman–Crippen MR) is 95.4 cm³/mol. The van der Waals surface area contributed by atoms with Crippen LogP contribution in [0.25, 0.3) is 0 Å². The molecule has 6 heteroatoms. The molecule has 25 heavy (non-hydrogen) atoms. The van der Waals surface area contributed by atoms with E-state index >= 15 is 0 Å². The molecular formula is C19H18ClFN2O2. The van der Waals surface area contributed by atoms with Gasteiger partial charge in [-0.25, -0.2) is 4.39 Å². The molecule has 0 spiro atoms. The van der Waals surface area contributed by atoms with Crippen LogP contribution in [-0.2, 0) is 4.79 Å². The molecule has 0 radical (unpaired) electrons. The van der Waals surface area contributed by atoms with Crippen LogP contribution in [0.2, 0.25) is 5.02 Å². The van der Waals surface area contributed by atoms with Crippen LogP contribution in [0.1, 0.15) is 22.8 Å². The molecule has 1 aliphatic rings. The van der Waals surface area contributed by atoms with E-state index in [-0.39, 0.29) is 30.2 Å². The minimum Gasteiger partial charge on any atom is -0.325 e. The molecule has 1 fully saturated rings. The molecule has 1 aliphatic heterocycles. The highest BCUT2D eigenvalue weighted by Crippen LogP contribution is 2.24. The summed E-state index contributed by atoms with van der Waals surface area (Å²) in [5, 5.41) is 0.602. The summed E-state index contributed by atoms with van der Waals surface area (Å²) in [5.41, 5.74) is 1.73. The average Bonchev–Trinajstić information content (AvgIpc) is 2.57. The molecular weight excluding hydrogens is 343 g/mol. The summed E-state index contributed by atoms with van der Waals surface area (Å²) in [4.78, 5) is 28.5. The highest BCUT2D eigenvalue weighted by Gasteiger charge is 2.34. The minimum absolute atomic E-state index is 0.0144. The zero-order valence-electron chi connectivity index (χ0n) is 14.0. The van der Waals surface area contributed by atoms with E-state index in [9.17, 15) is 14.0 Å². The molecule has 1 atom stereocenters. The van der Waals surface area contributed by atoms with Gasteiger partial charge in [0.2, 0.25) is 5.91 Å². The van der Waals surface area contributed by atoms with Crippen molar-refractivity contribution in [3.05, 3.63) is 64.4 Å². The van der Waals surface area contributed by atoms with Crippen molar-refractivity contribution in [3.63, 3.8) is 0 Å². The zero-order chi connectivity index (χ0) is 18.1. The van der Waals surface area contributed by atoms with Gasteiger partial charge in [-0.15, -0.1) is 0 Å². The van der Waals surface area contributed by atoms with Gasteiger partial charge >= 0.3 is 0 Å². The highest BCUT2D eigenvalue weighted by molar-refractivity contribution is 6.30. The second kappa shape index (κ2) is 6.84. The maximum Gasteiger partial charge on any atom is 0.254 e. The molecule has 4 nitrogen and oxygen atoms in total. The fraction of sp³-hybridized carbons (Fsp3) is 0.263. The van der Waals surface area contributed by atoms with Gasteiger partial charge in [0.25, 0.3) is 5.91 Å². The number of benzene rings is 2. The molecule has 0 N–H and O–H groups in total. The van der Waals surface area contributed by atoms with Gasteiger partial charge in [0.15, 0.2) is 0 Å². The van der Waals surface area contributed by atoms with Gasteiger partial charge in [-0.3, -0.25) is 9.59 Å². The highest BCUT2D eigenvalue weighted by atomic mass is 35.5. The third-order valence-electron chi connectivity index (χ3n) is 4.40. The normalized spacial score (nSPS) is 17.8. The second-order valence-corrected chi connectivity index (χ2v) is 6.66. The lowest BCUT2D eigenvalue weighted by Gasteiger charge is -2.39. The van der Waals surface area contributed by atoms with E-state index in [4.69, 9.17) is 11.6 Å². The second-order valence-electron chi connectivity index (χ2n) is 6.22. The van der Waals surface area contributed by atoms with Crippen molar-refractivity contribution >= 4 is 29.1 Å². The SMILES string of the molecule is Cc1cc(F)ccc1C(=O)N1CC(=O)N(c2ccc(Cl)cc2)CC1C. The van der Waals surface area contributed by atoms with Crippen LogP contribution in [0.4, 0.5) is 10.1 Å². The molecule has 1 unspecified atom stereocenters. The van der Waals surface area contributed by atoms with Crippen LogP contribution in [-0.4, -0.2) is 35.8 Å². The number of anilines is 1. The van der Waals surface area contributed by atoms with Crippen LogP contribution >= 0.6 is 11.6 Å². The van der Waals surface area contributed by atoms with Crippen LogP contribution in [0.5, 0.6) is 0 Å². The molecule has 0 aromatic heterocycles. The number of hydrogen-bond acceptors (Lipinski definition) is 2. The number of amides is 2. The van der Waals surface area contributed by atoms with Crippen molar-refractivity contribution < 1.29 is 14.0 Å². The Kier molecular flexibility index (Phi) is 4.77. The van der Waals surface area contributed by atoms with Gasteiger partial charge in [0.1, 0.15) is 12.4 Å². The molecule has 2 aromatic carbocycles. The van der Waals surface area contributed by atoms with E-state index in [0.717, 1.165) is 5.69 Å². The van der Waals surface area contributed by atoms with Crippen molar-refractivity contribution in [3.8, 4) is 0 Å². The van der Waals surface area contributed by atoms with Crippen LogP contribution < -0.4 is 4.90 Å². The third-order valence-corrected chi connectivity index (χ3v) is 4.66. The maximum atomic E-state index is 13.3. The van der Waals surface area contributed by atoms with E-state index < -0.39 is 0 Å². The van der Waals surface area contributed by atoms with Gasteiger partial charge in [-0.1, -0.05) is 11.6 Å². The van der Waals surface area contributed by atoms with Gasteiger partial charge in [-0.2, -0.15) is 0 Å². The first-order valence-corrected chi connectivity index (χ1v) is 8.37. The first kappa shape index (κ1) is 17.4. The Morgan fingerprint density at radius 1 is 1.20 bits per heavy atom. The monoisotopic (exact) mass is 360 g/mol. The molecule has 3 rings (SSSR count). The van der Waals surface area contributed by atoms with Crippen molar-refractivity contribution in [2.24, 2.45) is 0 Å². The number of carbonyl (C=O) groups excluding carboxylic acids is 2. The average molecular weight is 361 g/mol. The molecule has 0 saturated carbocycles. The first-order chi connectivity index (χ1) is 11.9. The third kappa shape index (κ3) is 3.51. The van der Waals surface area contributed by atoms with Gasteiger partial charge in [0, 0.05) is 28.9 Å². The molecule has 2 amide bonds. The van der Waals surface area contributed by atoms with Gasteiger partial charge in [-0.05, 0) is 61.9 Å². The lowest BCUT2D eigenvalue weighted by atomic mass is 10.0. The summed E-state index contributed by atoms with van der Waals surface area (Å²) >= 11 is 5.89. The Labute approximate surface area is 150 Å². The Bertz CT molecular complexity index is 823. The number of piperazine rings is 1. The van der Waals surface area contributed by atoms with Gasteiger partial charge in [0.05, 0.1) is 0 Å². The number of rotatable bonds is 2. The largest absolute Gasteiger partial charge is 0.325 e. The van der Waals surface area contributed by atoms with Crippen LogP contribution in [0.15, 0.2) is 42.5 Å². The summed E-state index contributed by atoms with van der Waals surface area (Å²) in [5.74, 6) is -0.798.